The maximum atomic E-state index is 12.2. The standard InChI is InChI=1S/C22H28N2O2/c1-22(14-8-7-11-17-9-5-4-6-10-17)16-26-20-13-12-18(15-19(20)23-22)21(25)24(2)3/h4-6,9-10,12-13,15,23H,7-8,11,14,16H2,1-3H3. The van der Waals surface area contributed by atoms with Crippen molar-refractivity contribution in [2.75, 3.05) is 26.0 Å². The number of carbonyl (C=O) groups is 1. The highest BCUT2D eigenvalue weighted by Crippen LogP contribution is 2.35. The maximum absolute atomic E-state index is 12.2. The largest absolute Gasteiger partial charge is 0.489 e. The van der Waals surface area contributed by atoms with E-state index >= 15 is 0 Å². The molecule has 26 heavy (non-hydrogen) atoms. The summed E-state index contributed by atoms with van der Waals surface area (Å²) in [6.45, 7) is 2.84. The Bertz CT molecular complexity index is 758. The number of amides is 1. The van der Waals surface area contributed by atoms with E-state index in [1.807, 2.05) is 18.2 Å². The molecular formula is C22H28N2O2. The van der Waals surface area contributed by atoms with Gasteiger partial charge in [-0.2, -0.15) is 0 Å². The summed E-state index contributed by atoms with van der Waals surface area (Å²) in [6.07, 6.45) is 4.43. The molecule has 1 aliphatic heterocycles. The second kappa shape index (κ2) is 7.81. The molecule has 0 aliphatic carbocycles. The Morgan fingerprint density at radius 3 is 2.65 bits per heavy atom. The van der Waals surface area contributed by atoms with Gasteiger partial charge in [-0.05, 0) is 49.9 Å². The van der Waals surface area contributed by atoms with Crippen LogP contribution in [0, 0.1) is 0 Å². The number of hydrogen-bond acceptors (Lipinski definition) is 3. The van der Waals surface area contributed by atoms with Gasteiger partial charge in [0.15, 0.2) is 0 Å². The van der Waals surface area contributed by atoms with Gasteiger partial charge in [0.25, 0.3) is 5.91 Å². The van der Waals surface area contributed by atoms with Crippen LogP contribution in [0.15, 0.2) is 48.5 Å². The summed E-state index contributed by atoms with van der Waals surface area (Å²) in [4.78, 5) is 13.8. The van der Waals surface area contributed by atoms with Crippen LogP contribution in [0.1, 0.15) is 42.1 Å². The van der Waals surface area contributed by atoms with E-state index in [0.29, 0.717) is 12.2 Å². The first kappa shape index (κ1) is 18.3. The van der Waals surface area contributed by atoms with Crippen LogP contribution >= 0.6 is 0 Å². The number of carbonyl (C=O) groups excluding carboxylic acids is 1. The molecule has 1 atom stereocenters. The fraction of sp³-hybridized carbons (Fsp3) is 0.409. The Morgan fingerprint density at radius 1 is 1.15 bits per heavy atom. The Labute approximate surface area is 156 Å². The Kier molecular flexibility index (Phi) is 5.50. The van der Waals surface area contributed by atoms with E-state index in [1.54, 1.807) is 19.0 Å². The first-order chi connectivity index (χ1) is 12.5. The van der Waals surface area contributed by atoms with Crippen LogP contribution in [0.3, 0.4) is 0 Å². The van der Waals surface area contributed by atoms with E-state index < -0.39 is 0 Å². The van der Waals surface area contributed by atoms with Crippen molar-refractivity contribution in [2.45, 2.75) is 38.1 Å². The third kappa shape index (κ3) is 4.37. The van der Waals surface area contributed by atoms with Crippen LogP contribution in [-0.4, -0.2) is 37.0 Å². The third-order valence-electron chi connectivity index (χ3n) is 4.90. The summed E-state index contributed by atoms with van der Waals surface area (Å²) in [7, 11) is 3.53. The number of ether oxygens (including phenoxy) is 1. The Hall–Kier alpha value is -2.49. The Balaban J connectivity index is 1.59. The van der Waals surface area contributed by atoms with Crippen LogP contribution in [0.5, 0.6) is 5.75 Å². The SMILES string of the molecule is CN(C)C(=O)c1ccc2c(c1)NC(C)(CCCCc1ccccc1)CO2. The van der Waals surface area contributed by atoms with E-state index in [9.17, 15) is 4.79 Å². The van der Waals surface area contributed by atoms with Crippen LogP contribution < -0.4 is 10.1 Å². The van der Waals surface area contributed by atoms with Gasteiger partial charge in [-0.1, -0.05) is 36.8 Å². The molecule has 3 rings (SSSR count). The molecule has 2 aromatic rings. The predicted molar refractivity (Wildman–Crippen MR) is 106 cm³/mol. The van der Waals surface area contributed by atoms with Crippen LogP contribution in [0.25, 0.3) is 0 Å². The highest BCUT2D eigenvalue weighted by molar-refractivity contribution is 5.95. The van der Waals surface area contributed by atoms with Crippen LogP contribution in [0.4, 0.5) is 5.69 Å². The fourth-order valence-electron chi connectivity index (χ4n) is 3.37. The highest BCUT2D eigenvalue weighted by atomic mass is 16.5. The molecule has 0 radical (unpaired) electrons. The lowest BCUT2D eigenvalue weighted by molar-refractivity contribution is 0.0827. The highest BCUT2D eigenvalue weighted by Gasteiger charge is 2.30. The molecule has 0 bridgehead atoms. The van der Waals surface area contributed by atoms with E-state index in [2.05, 4.69) is 42.6 Å². The topological polar surface area (TPSA) is 41.6 Å². The summed E-state index contributed by atoms with van der Waals surface area (Å²) in [5.41, 5.74) is 2.87. The normalized spacial score (nSPS) is 18.4. The lowest BCUT2D eigenvalue weighted by Gasteiger charge is -2.37. The summed E-state index contributed by atoms with van der Waals surface area (Å²) < 4.78 is 5.96. The Morgan fingerprint density at radius 2 is 1.92 bits per heavy atom. The molecule has 0 saturated heterocycles. The summed E-state index contributed by atoms with van der Waals surface area (Å²) in [5.74, 6) is 0.826. The average Bonchev–Trinajstić information content (AvgIpc) is 2.65. The first-order valence-corrected chi connectivity index (χ1v) is 9.27. The smallest absolute Gasteiger partial charge is 0.253 e. The maximum Gasteiger partial charge on any atom is 0.253 e. The van der Waals surface area contributed by atoms with E-state index in [0.717, 1.165) is 37.1 Å². The van der Waals surface area contributed by atoms with Gasteiger partial charge in [-0.25, -0.2) is 0 Å². The summed E-state index contributed by atoms with van der Waals surface area (Å²) in [5, 5.41) is 3.61. The molecule has 1 heterocycles. The monoisotopic (exact) mass is 352 g/mol. The number of rotatable bonds is 6. The first-order valence-electron chi connectivity index (χ1n) is 9.27. The minimum atomic E-state index is -0.108. The molecule has 0 fully saturated rings. The molecule has 0 aromatic heterocycles. The minimum Gasteiger partial charge on any atom is -0.489 e. The quantitative estimate of drug-likeness (QED) is 0.785. The van der Waals surface area contributed by atoms with Gasteiger partial charge in [0, 0.05) is 19.7 Å². The lowest BCUT2D eigenvalue weighted by Crippen LogP contribution is -2.44. The van der Waals surface area contributed by atoms with Gasteiger partial charge in [0.2, 0.25) is 0 Å². The zero-order valence-corrected chi connectivity index (χ0v) is 15.9. The number of benzene rings is 2. The molecule has 0 spiro atoms. The molecule has 4 heteroatoms. The predicted octanol–water partition coefficient (Wildman–Crippen LogP) is 4.36. The number of nitrogens with zero attached hydrogens (tertiary/aromatic N) is 1. The average molecular weight is 352 g/mol. The summed E-state index contributed by atoms with van der Waals surface area (Å²) >= 11 is 0. The van der Waals surface area contributed by atoms with Crippen molar-refractivity contribution in [3.05, 3.63) is 59.7 Å². The minimum absolute atomic E-state index is 0.00439. The van der Waals surface area contributed by atoms with Crippen molar-refractivity contribution in [3.8, 4) is 5.75 Å². The fourth-order valence-corrected chi connectivity index (χ4v) is 3.37. The molecule has 1 N–H and O–H groups in total. The molecule has 1 unspecified atom stereocenters. The zero-order valence-electron chi connectivity index (χ0n) is 15.9. The number of fused-ring (bicyclic) bond motifs is 1. The second-order valence-electron chi connectivity index (χ2n) is 7.58. The zero-order chi connectivity index (χ0) is 18.6. The second-order valence-corrected chi connectivity index (χ2v) is 7.58. The molecular weight excluding hydrogens is 324 g/mol. The molecule has 2 aromatic carbocycles. The van der Waals surface area contributed by atoms with Crippen LogP contribution in [-0.2, 0) is 6.42 Å². The van der Waals surface area contributed by atoms with E-state index in [-0.39, 0.29) is 11.4 Å². The van der Waals surface area contributed by atoms with Crippen molar-refractivity contribution in [3.63, 3.8) is 0 Å². The third-order valence-corrected chi connectivity index (χ3v) is 4.90. The molecule has 138 valence electrons. The number of hydrogen-bond donors (Lipinski definition) is 1. The number of aryl methyl sites for hydroxylation is 1. The van der Waals surface area contributed by atoms with Crippen molar-refractivity contribution in [2.24, 2.45) is 0 Å². The van der Waals surface area contributed by atoms with Gasteiger partial charge in [0.1, 0.15) is 12.4 Å². The van der Waals surface area contributed by atoms with E-state index in [4.69, 9.17) is 4.74 Å². The van der Waals surface area contributed by atoms with Gasteiger partial charge >= 0.3 is 0 Å². The lowest BCUT2D eigenvalue weighted by atomic mass is 9.92. The molecule has 1 aliphatic rings. The molecule has 0 saturated carbocycles. The van der Waals surface area contributed by atoms with E-state index in [1.165, 1.54) is 5.56 Å². The van der Waals surface area contributed by atoms with Crippen molar-refractivity contribution in [1.29, 1.82) is 0 Å². The summed E-state index contributed by atoms with van der Waals surface area (Å²) in [6, 6.07) is 16.2. The molecule has 1 amide bonds. The van der Waals surface area contributed by atoms with Gasteiger partial charge in [0.05, 0.1) is 11.2 Å². The van der Waals surface area contributed by atoms with Crippen molar-refractivity contribution >= 4 is 11.6 Å². The van der Waals surface area contributed by atoms with Gasteiger partial charge in [-0.15, -0.1) is 0 Å². The number of anilines is 1. The number of nitrogens with one attached hydrogen (secondary N) is 1. The van der Waals surface area contributed by atoms with Crippen molar-refractivity contribution < 1.29 is 9.53 Å². The van der Waals surface area contributed by atoms with Crippen molar-refractivity contribution in [1.82, 2.24) is 4.90 Å². The molecule has 4 nitrogen and oxygen atoms in total. The van der Waals surface area contributed by atoms with Crippen LogP contribution in [0.2, 0.25) is 0 Å². The van der Waals surface area contributed by atoms with Gasteiger partial charge in [-0.3, -0.25) is 4.79 Å². The number of unbranched alkanes of at least 4 members (excludes halogenated alkanes) is 1. The van der Waals surface area contributed by atoms with Gasteiger partial charge < -0.3 is 15.0 Å².